The van der Waals surface area contributed by atoms with Gasteiger partial charge in [-0.15, -0.1) is 0 Å². The highest BCUT2D eigenvalue weighted by atomic mass is 16.4. The summed E-state index contributed by atoms with van der Waals surface area (Å²) in [5, 5.41) is 25.7. The maximum Gasteiger partial charge on any atom is 0.322 e. The molecule has 32 heavy (non-hydrogen) atoms. The Bertz CT molecular complexity index is 933. The molecule has 0 spiro atoms. The summed E-state index contributed by atoms with van der Waals surface area (Å²) in [5.41, 5.74) is 6.78. The third kappa shape index (κ3) is 8.07. The molecule has 0 aliphatic heterocycles. The van der Waals surface area contributed by atoms with Gasteiger partial charge in [-0.1, -0.05) is 42.5 Å². The third-order valence-corrected chi connectivity index (χ3v) is 4.54. The number of nitrogens with one attached hydrogen (secondary N) is 3. The van der Waals surface area contributed by atoms with Crippen LogP contribution < -0.4 is 21.7 Å². The average molecular weight is 442 g/mol. The Hall–Kier alpha value is -3.92. The van der Waals surface area contributed by atoms with Crippen molar-refractivity contribution in [3.8, 4) is 5.75 Å². The molecular weight excluding hydrogens is 416 g/mol. The van der Waals surface area contributed by atoms with Crippen molar-refractivity contribution in [2.24, 2.45) is 5.73 Å². The second-order valence-corrected chi connectivity index (χ2v) is 7.06. The highest BCUT2D eigenvalue weighted by Gasteiger charge is 2.27. The number of phenols is 1. The zero-order valence-electron chi connectivity index (χ0n) is 17.3. The molecule has 2 aromatic carbocycles. The van der Waals surface area contributed by atoms with Crippen LogP contribution in [-0.2, 0) is 32.0 Å². The van der Waals surface area contributed by atoms with E-state index in [1.807, 2.05) is 6.07 Å². The van der Waals surface area contributed by atoms with Gasteiger partial charge in [-0.05, 0) is 23.3 Å². The maximum atomic E-state index is 13.0. The second kappa shape index (κ2) is 12.1. The molecule has 0 saturated heterocycles. The van der Waals surface area contributed by atoms with Gasteiger partial charge in [0, 0.05) is 12.8 Å². The van der Waals surface area contributed by atoms with Gasteiger partial charge in [-0.25, -0.2) is 0 Å². The molecule has 3 amide bonds. The van der Waals surface area contributed by atoms with Gasteiger partial charge in [-0.3, -0.25) is 19.2 Å². The molecule has 0 aromatic heterocycles. The monoisotopic (exact) mass is 442 g/mol. The zero-order chi connectivity index (χ0) is 23.5. The molecule has 2 aromatic rings. The Morgan fingerprint density at radius 1 is 0.812 bits per heavy atom. The standard InChI is InChI=1S/C22H26N4O6/c23-12-19(28)25-18(10-14-4-2-1-3-5-14)22(32)26-17(21(31)24-13-20(29)30)11-15-6-8-16(27)9-7-15/h1-9,17-18,27H,10-13,23H2,(H,24,31)(H,25,28)(H,26,32)(H,29,30). The van der Waals surface area contributed by atoms with Crippen molar-refractivity contribution in [1.82, 2.24) is 16.0 Å². The topological polar surface area (TPSA) is 171 Å². The van der Waals surface area contributed by atoms with Crippen LogP contribution in [0.25, 0.3) is 0 Å². The lowest BCUT2D eigenvalue weighted by molar-refractivity contribution is -0.138. The number of hydrogen-bond acceptors (Lipinski definition) is 6. The van der Waals surface area contributed by atoms with Crippen LogP contribution in [0.5, 0.6) is 5.75 Å². The Morgan fingerprint density at radius 2 is 1.38 bits per heavy atom. The molecule has 7 N–H and O–H groups in total. The number of hydrogen-bond donors (Lipinski definition) is 6. The molecular formula is C22H26N4O6. The van der Waals surface area contributed by atoms with Crippen molar-refractivity contribution in [2.75, 3.05) is 13.1 Å². The molecule has 2 rings (SSSR count). The predicted molar refractivity (Wildman–Crippen MR) is 116 cm³/mol. The summed E-state index contributed by atoms with van der Waals surface area (Å²) in [6.45, 7) is -0.924. The SMILES string of the molecule is NCC(=O)NC(Cc1ccccc1)C(=O)NC(Cc1ccc(O)cc1)C(=O)NCC(=O)O. The molecule has 0 bridgehead atoms. The number of aliphatic carboxylic acids is 1. The van der Waals surface area contributed by atoms with Crippen LogP contribution in [0.2, 0.25) is 0 Å². The number of nitrogens with two attached hydrogens (primary N) is 1. The van der Waals surface area contributed by atoms with Crippen molar-refractivity contribution in [3.63, 3.8) is 0 Å². The van der Waals surface area contributed by atoms with E-state index < -0.39 is 42.3 Å². The lowest BCUT2D eigenvalue weighted by Crippen LogP contribution is -2.56. The van der Waals surface area contributed by atoms with Gasteiger partial charge in [0.25, 0.3) is 0 Å². The summed E-state index contributed by atoms with van der Waals surface area (Å²) in [5.74, 6) is -3.05. The minimum Gasteiger partial charge on any atom is -0.508 e. The Kier molecular flexibility index (Phi) is 9.18. The molecule has 0 aliphatic carbocycles. The number of rotatable bonds is 11. The molecule has 0 heterocycles. The molecule has 0 saturated carbocycles. The summed E-state index contributed by atoms with van der Waals surface area (Å²) in [4.78, 5) is 48.2. The number of carbonyl (C=O) groups is 4. The Labute approximate surface area is 184 Å². The summed E-state index contributed by atoms with van der Waals surface area (Å²) in [7, 11) is 0. The van der Waals surface area contributed by atoms with Crippen LogP contribution in [0, 0.1) is 0 Å². The maximum absolute atomic E-state index is 13.0. The van der Waals surface area contributed by atoms with E-state index in [0.717, 1.165) is 5.56 Å². The van der Waals surface area contributed by atoms with Crippen LogP contribution in [-0.4, -0.2) is 59.1 Å². The molecule has 10 nitrogen and oxygen atoms in total. The number of benzene rings is 2. The quantitative estimate of drug-likeness (QED) is 0.267. The predicted octanol–water partition coefficient (Wildman–Crippen LogP) is -0.693. The molecule has 2 unspecified atom stereocenters. The second-order valence-electron chi connectivity index (χ2n) is 7.06. The van der Waals surface area contributed by atoms with E-state index >= 15 is 0 Å². The summed E-state index contributed by atoms with van der Waals surface area (Å²) in [6, 6.07) is 12.9. The fraction of sp³-hybridized carbons (Fsp3) is 0.273. The van der Waals surface area contributed by atoms with Crippen molar-refractivity contribution in [2.45, 2.75) is 24.9 Å². The number of carboxylic acids is 1. The van der Waals surface area contributed by atoms with Gasteiger partial charge >= 0.3 is 5.97 Å². The first kappa shape index (κ1) is 24.4. The van der Waals surface area contributed by atoms with E-state index in [0.29, 0.717) is 5.56 Å². The van der Waals surface area contributed by atoms with E-state index in [4.69, 9.17) is 10.8 Å². The smallest absolute Gasteiger partial charge is 0.322 e. The molecule has 2 atom stereocenters. The zero-order valence-corrected chi connectivity index (χ0v) is 17.3. The highest BCUT2D eigenvalue weighted by molar-refractivity contribution is 5.93. The van der Waals surface area contributed by atoms with E-state index in [1.54, 1.807) is 36.4 Å². The van der Waals surface area contributed by atoms with Gasteiger partial charge in [-0.2, -0.15) is 0 Å². The average Bonchev–Trinajstić information content (AvgIpc) is 2.78. The Morgan fingerprint density at radius 3 is 1.94 bits per heavy atom. The fourth-order valence-corrected chi connectivity index (χ4v) is 2.95. The van der Waals surface area contributed by atoms with Gasteiger partial charge in [0.05, 0.1) is 6.54 Å². The van der Waals surface area contributed by atoms with Gasteiger partial charge in [0.2, 0.25) is 17.7 Å². The van der Waals surface area contributed by atoms with Crippen LogP contribution >= 0.6 is 0 Å². The summed E-state index contributed by atoms with van der Waals surface area (Å²) >= 11 is 0. The summed E-state index contributed by atoms with van der Waals surface area (Å²) < 4.78 is 0. The van der Waals surface area contributed by atoms with Crippen LogP contribution in [0.3, 0.4) is 0 Å². The largest absolute Gasteiger partial charge is 0.508 e. The van der Waals surface area contributed by atoms with Crippen LogP contribution in [0.1, 0.15) is 11.1 Å². The number of phenolic OH excluding ortho intramolecular Hbond substituents is 1. The van der Waals surface area contributed by atoms with Crippen molar-refractivity contribution < 1.29 is 29.4 Å². The number of carboxylic acid groups (broad SMARTS) is 1. The molecule has 170 valence electrons. The van der Waals surface area contributed by atoms with Gasteiger partial charge < -0.3 is 31.9 Å². The minimum absolute atomic E-state index is 0.0390. The fourth-order valence-electron chi connectivity index (χ4n) is 2.95. The molecule has 0 radical (unpaired) electrons. The molecule has 0 aliphatic rings. The summed E-state index contributed by atoms with van der Waals surface area (Å²) in [6.07, 6.45) is 0.210. The van der Waals surface area contributed by atoms with Crippen molar-refractivity contribution in [1.29, 1.82) is 0 Å². The third-order valence-electron chi connectivity index (χ3n) is 4.54. The number of amides is 3. The number of carbonyl (C=O) groups excluding carboxylic acids is 3. The Balaban J connectivity index is 2.20. The first-order valence-corrected chi connectivity index (χ1v) is 9.89. The van der Waals surface area contributed by atoms with E-state index in [9.17, 15) is 24.3 Å². The lowest BCUT2D eigenvalue weighted by atomic mass is 10.0. The lowest BCUT2D eigenvalue weighted by Gasteiger charge is -2.23. The van der Waals surface area contributed by atoms with Crippen LogP contribution in [0.4, 0.5) is 0 Å². The van der Waals surface area contributed by atoms with Crippen LogP contribution in [0.15, 0.2) is 54.6 Å². The van der Waals surface area contributed by atoms with E-state index in [-0.39, 0.29) is 25.1 Å². The highest BCUT2D eigenvalue weighted by Crippen LogP contribution is 2.12. The first-order valence-electron chi connectivity index (χ1n) is 9.89. The normalized spacial score (nSPS) is 12.3. The molecule has 10 heteroatoms. The van der Waals surface area contributed by atoms with Gasteiger partial charge in [0.15, 0.2) is 0 Å². The van der Waals surface area contributed by atoms with E-state index in [1.165, 1.54) is 12.1 Å². The first-order chi connectivity index (χ1) is 15.3. The van der Waals surface area contributed by atoms with Gasteiger partial charge in [0.1, 0.15) is 24.4 Å². The van der Waals surface area contributed by atoms with Crippen molar-refractivity contribution >= 4 is 23.7 Å². The minimum atomic E-state index is -1.23. The molecule has 0 fully saturated rings. The number of aromatic hydroxyl groups is 1. The van der Waals surface area contributed by atoms with Crippen molar-refractivity contribution in [3.05, 3.63) is 65.7 Å². The van der Waals surface area contributed by atoms with E-state index in [2.05, 4.69) is 16.0 Å².